The van der Waals surface area contributed by atoms with Crippen molar-refractivity contribution < 1.29 is 33.1 Å². The van der Waals surface area contributed by atoms with E-state index >= 15 is 0 Å². The Bertz CT molecular complexity index is 1100. The lowest BCUT2D eigenvalue weighted by molar-refractivity contribution is -0.512. The summed E-state index contributed by atoms with van der Waals surface area (Å²) in [6.07, 6.45) is 0.626. The van der Waals surface area contributed by atoms with Gasteiger partial charge in [0, 0.05) is 17.6 Å². The van der Waals surface area contributed by atoms with Crippen LogP contribution < -0.4 is 18.9 Å². The van der Waals surface area contributed by atoms with E-state index in [0.717, 1.165) is 33.9 Å². The molecule has 0 N–H and O–H groups in total. The molecule has 0 bridgehead atoms. The van der Waals surface area contributed by atoms with Crippen molar-refractivity contribution in [2.75, 3.05) is 27.7 Å². The highest BCUT2D eigenvalue weighted by Gasteiger charge is 2.32. The van der Waals surface area contributed by atoms with Gasteiger partial charge in [-0.25, -0.2) is 9.37 Å². The number of fused-ring (bicyclic) bond motifs is 3. The quantitative estimate of drug-likeness (QED) is 0.576. The van der Waals surface area contributed by atoms with Crippen molar-refractivity contribution in [1.29, 1.82) is 0 Å². The average Bonchev–Trinajstić information content (AvgIpc) is 3.32. The molecule has 0 unspecified atom stereocenters. The molecule has 148 valence electrons. The number of hydrogen-bond acceptors (Lipinski definition) is 6. The van der Waals surface area contributed by atoms with Gasteiger partial charge in [0.05, 0.1) is 18.2 Å². The van der Waals surface area contributed by atoms with Crippen molar-refractivity contribution in [3.05, 3.63) is 58.7 Å². The van der Waals surface area contributed by atoms with Gasteiger partial charge in [0.1, 0.15) is 7.05 Å². The summed E-state index contributed by atoms with van der Waals surface area (Å²) in [5, 5.41) is 0. The van der Waals surface area contributed by atoms with E-state index in [1.165, 1.54) is 7.11 Å². The normalized spacial score (nSPS) is 16.6. The van der Waals surface area contributed by atoms with E-state index in [2.05, 4.69) is 11.2 Å². The molecule has 0 radical (unpaired) electrons. The van der Waals surface area contributed by atoms with E-state index in [1.807, 2.05) is 25.2 Å². The van der Waals surface area contributed by atoms with Crippen LogP contribution in [0.15, 0.2) is 36.4 Å². The predicted octanol–water partition coefficient (Wildman–Crippen LogP) is 2.67. The molecule has 2 aromatic rings. The third kappa shape index (κ3) is 2.81. The SMILES string of the molecule is C=C1Cc2cc3c(cc2C[N+](C)=C1c1cc2c(cc1C(=O)OC)OCO2)OCO3. The number of nitrogens with zero attached hydrogens (tertiary/aromatic N) is 1. The third-order valence-corrected chi connectivity index (χ3v) is 5.40. The lowest BCUT2D eigenvalue weighted by Gasteiger charge is -2.11. The fourth-order valence-corrected chi connectivity index (χ4v) is 4.07. The van der Waals surface area contributed by atoms with Gasteiger partial charge in [0.25, 0.3) is 0 Å². The fraction of sp³-hybridized carbons (Fsp3) is 0.273. The topological polar surface area (TPSA) is 66.2 Å². The van der Waals surface area contributed by atoms with Gasteiger partial charge in [-0.05, 0) is 29.8 Å². The lowest BCUT2D eigenvalue weighted by Crippen LogP contribution is -2.22. The van der Waals surface area contributed by atoms with E-state index in [9.17, 15) is 4.79 Å². The first kappa shape index (κ1) is 17.6. The zero-order valence-electron chi connectivity index (χ0n) is 16.2. The van der Waals surface area contributed by atoms with Crippen LogP contribution in [-0.4, -0.2) is 44.0 Å². The molecule has 0 spiro atoms. The van der Waals surface area contributed by atoms with E-state index in [4.69, 9.17) is 23.7 Å². The molecule has 0 saturated carbocycles. The molecular weight excluding hydrogens is 374 g/mol. The fourth-order valence-electron chi connectivity index (χ4n) is 4.07. The molecule has 5 rings (SSSR count). The predicted molar refractivity (Wildman–Crippen MR) is 103 cm³/mol. The Hall–Kier alpha value is -3.48. The van der Waals surface area contributed by atoms with Crippen LogP contribution in [0.25, 0.3) is 0 Å². The molecule has 3 aliphatic rings. The minimum absolute atomic E-state index is 0.127. The van der Waals surface area contributed by atoms with Gasteiger partial charge < -0.3 is 23.7 Å². The highest BCUT2D eigenvalue weighted by atomic mass is 16.7. The lowest BCUT2D eigenvalue weighted by atomic mass is 9.93. The number of ether oxygens (including phenoxy) is 5. The second-order valence-corrected chi connectivity index (χ2v) is 7.20. The maximum absolute atomic E-state index is 12.5. The van der Waals surface area contributed by atoms with Gasteiger partial charge in [0.15, 0.2) is 29.5 Å². The highest BCUT2D eigenvalue weighted by Crippen LogP contribution is 2.39. The molecule has 7 nitrogen and oxygen atoms in total. The Balaban J connectivity index is 1.64. The molecule has 2 aromatic carbocycles. The van der Waals surface area contributed by atoms with E-state index in [-0.39, 0.29) is 13.6 Å². The zero-order valence-corrected chi connectivity index (χ0v) is 16.2. The number of carbonyl (C=O) groups excluding carboxylic acids is 1. The van der Waals surface area contributed by atoms with Crippen molar-refractivity contribution in [1.82, 2.24) is 0 Å². The van der Waals surface area contributed by atoms with Gasteiger partial charge in [-0.3, -0.25) is 0 Å². The van der Waals surface area contributed by atoms with Gasteiger partial charge >= 0.3 is 5.97 Å². The van der Waals surface area contributed by atoms with Crippen molar-refractivity contribution >= 4 is 11.7 Å². The molecule has 0 atom stereocenters. The van der Waals surface area contributed by atoms with Gasteiger partial charge in [-0.1, -0.05) is 6.58 Å². The van der Waals surface area contributed by atoms with Gasteiger partial charge in [0.2, 0.25) is 19.3 Å². The Morgan fingerprint density at radius 1 is 0.966 bits per heavy atom. The second kappa shape index (κ2) is 6.55. The van der Waals surface area contributed by atoms with E-state index in [0.29, 0.717) is 35.6 Å². The van der Waals surface area contributed by atoms with Crippen molar-refractivity contribution in [3.63, 3.8) is 0 Å². The molecule has 3 aliphatic heterocycles. The summed E-state index contributed by atoms with van der Waals surface area (Å²) in [5.74, 6) is 2.20. The molecule has 0 fully saturated rings. The number of carbonyl (C=O) groups is 1. The smallest absolute Gasteiger partial charge is 0.338 e. The minimum Gasteiger partial charge on any atom is -0.465 e. The maximum atomic E-state index is 12.5. The Morgan fingerprint density at radius 3 is 2.21 bits per heavy atom. The van der Waals surface area contributed by atoms with E-state index in [1.54, 1.807) is 6.07 Å². The molecule has 0 aliphatic carbocycles. The molecule has 0 saturated heterocycles. The van der Waals surface area contributed by atoms with Crippen molar-refractivity contribution in [2.45, 2.75) is 13.0 Å². The minimum atomic E-state index is -0.436. The first-order chi connectivity index (χ1) is 14.0. The van der Waals surface area contributed by atoms with Crippen LogP contribution in [0.5, 0.6) is 23.0 Å². The van der Waals surface area contributed by atoms with Crippen LogP contribution in [0.4, 0.5) is 0 Å². The van der Waals surface area contributed by atoms with Crippen LogP contribution in [-0.2, 0) is 17.7 Å². The summed E-state index contributed by atoms with van der Waals surface area (Å²) < 4.78 is 29.2. The molecule has 0 amide bonds. The summed E-state index contributed by atoms with van der Waals surface area (Å²) in [6.45, 7) is 5.32. The number of allylic oxidation sites excluding steroid dienone is 1. The van der Waals surface area contributed by atoms with Gasteiger partial charge in [-0.15, -0.1) is 0 Å². The molecule has 0 aromatic heterocycles. The average molecular weight is 394 g/mol. The number of benzene rings is 2. The largest absolute Gasteiger partial charge is 0.465 e. The molecule has 3 heterocycles. The standard InChI is InChI=1S/C22H20NO6/c1-12-4-13-5-17-18(27-10-26-17)6-14(13)9-23(2)21(12)15-7-19-20(29-11-28-19)8-16(15)22(24)25-3/h5-8H,1,4,9-11H2,2-3H3/q+1. The number of rotatable bonds is 2. The number of hydrogen-bond donors (Lipinski definition) is 0. The summed E-state index contributed by atoms with van der Waals surface area (Å²) >= 11 is 0. The zero-order chi connectivity index (χ0) is 20.1. The van der Waals surface area contributed by atoms with Crippen LogP contribution >= 0.6 is 0 Å². The second-order valence-electron chi connectivity index (χ2n) is 7.20. The first-order valence-electron chi connectivity index (χ1n) is 9.25. The molecular formula is C22H20NO6+. The summed E-state index contributed by atoms with van der Waals surface area (Å²) in [5.41, 5.74) is 5.13. The highest BCUT2D eigenvalue weighted by molar-refractivity contribution is 6.15. The third-order valence-electron chi connectivity index (χ3n) is 5.40. The molecule has 29 heavy (non-hydrogen) atoms. The Labute approximate surface area is 167 Å². The number of esters is 1. The summed E-state index contributed by atoms with van der Waals surface area (Å²) in [4.78, 5) is 12.5. The van der Waals surface area contributed by atoms with Crippen molar-refractivity contribution in [2.24, 2.45) is 0 Å². The van der Waals surface area contributed by atoms with Crippen molar-refractivity contribution in [3.8, 4) is 23.0 Å². The number of methoxy groups -OCH3 is 1. The first-order valence-corrected chi connectivity index (χ1v) is 9.25. The monoisotopic (exact) mass is 394 g/mol. The molecule has 7 heteroatoms. The van der Waals surface area contributed by atoms with Crippen LogP contribution in [0.1, 0.15) is 27.0 Å². The summed E-state index contributed by atoms with van der Waals surface area (Å²) in [6, 6.07) is 7.53. The maximum Gasteiger partial charge on any atom is 0.338 e. The van der Waals surface area contributed by atoms with Gasteiger partial charge in [-0.2, -0.15) is 0 Å². The van der Waals surface area contributed by atoms with Crippen LogP contribution in [0, 0.1) is 0 Å². The Morgan fingerprint density at radius 2 is 1.55 bits per heavy atom. The van der Waals surface area contributed by atoms with Crippen LogP contribution in [0.2, 0.25) is 0 Å². The summed E-state index contributed by atoms with van der Waals surface area (Å²) in [7, 11) is 3.34. The van der Waals surface area contributed by atoms with Crippen LogP contribution in [0.3, 0.4) is 0 Å². The van der Waals surface area contributed by atoms with E-state index < -0.39 is 5.97 Å². The Kier molecular flexibility index (Phi) is 3.97.